The number of esters is 1. The Hall–Kier alpha value is -1.92. The van der Waals surface area contributed by atoms with Crippen LogP contribution < -0.4 is 4.90 Å². The molecule has 1 atom stereocenters. The molecule has 0 spiro atoms. The summed E-state index contributed by atoms with van der Waals surface area (Å²) in [5.41, 5.74) is 0.817. The summed E-state index contributed by atoms with van der Waals surface area (Å²) in [4.78, 5) is 40.5. The fourth-order valence-corrected chi connectivity index (χ4v) is 3.98. The largest absolute Gasteiger partial charge is 0.465 e. The monoisotopic (exact) mass is 364 g/mol. The molecular weight excluding hydrogens is 344 g/mol. The Morgan fingerprint density at radius 1 is 1.32 bits per heavy atom. The second-order valence-electron chi connectivity index (χ2n) is 6.37. The number of anilines is 1. The van der Waals surface area contributed by atoms with Gasteiger partial charge in [0.2, 0.25) is 0 Å². The van der Waals surface area contributed by atoms with E-state index in [1.165, 1.54) is 24.1 Å². The van der Waals surface area contributed by atoms with Gasteiger partial charge in [-0.25, -0.2) is 4.79 Å². The standard InChI is InChI=1S/C18H21ClN2O4/c1-3-20-7-5-4-6-12(20)10-21-14-9-11(18(24)25-2)8-13(19)15(14)16(22)17(21)23/h8-9,12H,3-7,10H2,1-2H3. The van der Waals surface area contributed by atoms with Gasteiger partial charge in [0.05, 0.1) is 28.9 Å². The van der Waals surface area contributed by atoms with Crippen molar-refractivity contribution in [3.8, 4) is 0 Å². The van der Waals surface area contributed by atoms with E-state index in [9.17, 15) is 14.4 Å². The Morgan fingerprint density at radius 3 is 2.76 bits per heavy atom. The number of benzene rings is 1. The number of Topliss-reactive ketones (excluding diaryl/α,β-unsaturated/α-hetero) is 1. The van der Waals surface area contributed by atoms with Gasteiger partial charge in [-0.3, -0.25) is 14.5 Å². The highest BCUT2D eigenvalue weighted by atomic mass is 35.5. The van der Waals surface area contributed by atoms with E-state index in [0.717, 1.165) is 32.4 Å². The van der Waals surface area contributed by atoms with Gasteiger partial charge >= 0.3 is 5.97 Å². The van der Waals surface area contributed by atoms with Gasteiger partial charge in [-0.05, 0) is 38.1 Å². The van der Waals surface area contributed by atoms with E-state index in [2.05, 4.69) is 11.8 Å². The average Bonchev–Trinajstić information content (AvgIpc) is 2.86. The molecule has 7 heteroatoms. The van der Waals surface area contributed by atoms with Crippen molar-refractivity contribution in [2.75, 3.05) is 31.6 Å². The van der Waals surface area contributed by atoms with Crippen LogP contribution in [0, 0.1) is 0 Å². The highest BCUT2D eigenvalue weighted by Gasteiger charge is 2.40. The Kier molecular flexibility index (Phi) is 5.11. The quantitative estimate of drug-likeness (QED) is 0.606. The highest BCUT2D eigenvalue weighted by molar-refractivity contribution is 6.55. The predicted octanol–water partition coefficient (Wildman–Crippen LogP) is 2.53. The van der Waals surface area contributed by atoms with Gasteiger partial charge in [0, 0.05) is 12.6 Å². The third kappa shape index (κ3) is 3.16. The van der Waals surface area contributed by atoms with Crippen LogP contribution in [0.15, 0.2) is 12.1 Å². The zero-order chi connectivity index (χ0) is 18.1. The van der Waals surface area contributed by atoms with Gasteiger partial charge in [-0.2, -0.15) is 0 Å². The second-order valence-corrected chi connectivity index (χ2v) is 6.77. The third-order valence-electron chi connectivity index (χ3n) is 5.00. The van der Waals surface area contributed by atoms with Crippen LogP contribution in [0.3, 0.4) is 0 Å². The summed E-state index contributed by atoms with van der Waals surface area (Å²) in [7, 11) is 1.28. The van der Waals surface area contributed by atoms with Crippen molar-refractivity contribution in [2.45, 2.75) is 32.2 Å². The molecule has 2 heterocycles. The number of likely N-dealkylation sites (N-methyl/N-ethyl adjacent to an activating group) is 1. The SMILES string of the molecule is CCN1CCCCC1CN1C(=O)C(=O)c2c(Cl)cc(C(=O)OC)cc21. The third-order valence-corrected chi connectivity index (χ3v) is 5.29. The number of ketones is 1. The zero-order valence-corrected chi connectivity index (χ0v) is 15.1. The molecule has 1 saturated heterocycles. The molecule has 1 fully saturated rings. The van der Waals surface area contributed by atoms with Gasteiger partial charge in [-0.1, -0.05) is 24.9 Å². The fraction of sp³-hybridized carbons (Fsp3) is 0.500. The van der Waals surface area contributed by atoms with E-state index in [4.69, 9.17) is 16.3 Å². The number of carbonyl (C=O) groups excluding carboxylic acids is 3. The summed E-state index contributed by atoms with van der Waals surface area (Å²) in [6, 6.07) is 3.09. The molecule has 0 N–H and O–H groups in total. The second kappa shape index (κ2) is 7.14. The van der Waals surface area contributed by atoms with Crippen molar-refractivity contribution >= 4 is 34.9 Å². The van der Waals surface area contributed by atoms with Gasteiger partial charge in [0.1, 0.15) is 0 Å². The molecule has 1 aromatic carbocycles. The Labute approximate surface area is 151 Å². The van der Waals surface area contributed by atoms with Crippen molar-refractivity contribution in [3.63, 3.8) is 0 Å². The molecule has 6 nitrogen and oxygen atoms in total. The first-order chi connectivity index (χ1) is 12.0. The Balaban J connectivity index is 1.97. The molecule has 134 valence electrons. The minimum Gasteiger partial charge on any atom is -0.465 e. The van der Waals surface area contributed by atoms with Crippen molar-refractivity contribution in [3.05, 3.63) is 28.3 Å². The van der Waals surface area contributed by atoms with Crippen LogP contribution in [0.25, 0.3) is 0 Å². The van der Waals surface area contributed by atoms with Gasteiger partial charge in [-0.15, -0.1) is 0 Å². The number of hydrogen-bond acceptors (Lipinski definition) is 5. The predicted molar refractivity (Wildman–Crippen MR) is 94.4 cm³/mol. The average molecular weight is 365 g/mol. The van der Waals surface area contributed by atoms with E-state index >= 15 is 0 Å². The molecule has 3 rings (SSSR count). The minimum absolute atomic E-state index is 0.106. The smallest absolute Gasteiger partial charge is 0.337 e. The van der Waals surface area contributed by atoms with Crippen LogP contribution in [0.2, 0.25) is 5.02 Å². The molecule has 1 unspecified atom stereocenters. The van der Waals surface area contributed by atoms with E-state index in [0.29, 0.717) is 12.2 Å². The molecule has 0 aliphatic carbocycles. The topological polar surface area (TPSA) is 66.9 Å². The van der Waals surface area contributed by atoms with Crippen LogP contribution >= 0.6 is 11.6 Å². The number of nitrogens with zero attached hydrogens (tertiary/aromatic N) is 2. The molecular formula is C18H21ClN2O4. The first-order valence-corrected chi connectivity index (χ1v) is 8.87. The first-order valence-electron chi connectivity index (χ1n) is 8.50. The molecule has 0 radical (unpaired) electrons. The number of methoxy groups -OCH3 is 1. The summed E-state index contributed by atoms with van der Waals surface area (Å²) in [6.45, 7) is 4.41. The number of fused-ring (bicyclic) bond motifs is 1. The van der Waals surface area contributed by atoms with Crippen LogP contribution in [0.1, 0.15) is 46.9 Å². The molecule has 0 saturated carbocycles. The van der Waals surface area contributed by atoms with Gasteiger partial charge < -0.3 is 9.64 Å². The summed E-state index contributed by atoms with van der Waals surface area (Å²) < 4.78 is 4.73. The first kappa shape index (κ1) is 17.9. The molecule has 2 aliphatic rings. The lowest BCUT2D eigenvalue weighted by molar-refractivity contribution is -0.114. The van der Waals surface area contributed by atoms with Gasteiger partial charge in [0.15, 0.2) is 0 Å². The lowest BCUT2D eigenvalue weighted by atomic mass is 10.0. The summed E-state index contributed by atoms with van der Waals surface area (Å²) in [5.74, 6) is -1.75. The number of likely N-dealkylation sites (tertiary alicyclic amines) is 1. The van der Waals surface area contributed by atoms with Crippen molar-refractivity contribution < 1.29 is 19.1 Å². The molecule has 25 heavy (non-hydrogen) atoms. The van der Waals surface area contributed by atoms with Crippen molar-refractivity contribution in [2.24, 2.45) is 0 Å². The molecule has 0 aromatic heterocycles. The maximum atomic E-state index is 12.5. The summed E-state index contributed by atoms with van der Waals surface area (Å²) in [5, 5.41) is 0.106. The van der Waals surface area contributed by atoms with E-state index < -0.39 is 17.7 Å². The van der Waals surface area contributed by atoms with E-state index in [1.54, 1.807) is 0 Å². The fourth-order valence-electron chi connectivity index (χ4n) is 3.68. The molecule has 2 aliphatic heterocycles. The van der Waals surface area contributed by atoms with Gasteiger partial charge in [0.25, 0.3) is 11.7 Å². The van der Waals surface area contributed by atoms with E-state index in [-0.39, 0.29) is 22.2 Å². The van der Waals surface area contributed by atoms with Crippen molar-refractivity contribution in [1.82, 2.24) is 4.90 Å². The number of piperidine rings is 1. The number of carbonyl (C=O) groups is 3. The van der Waals surface area contributed by atoms with Crippen LogP contribution in [0.4, 0.5) is 5.69 Å². The maximum Gasteiger partial charge on any atom is 0.337 e. The maximum absolute atomic E-state index is 12.5. The minimum atomic E-state index is -0.615. The lowest BCUT2D eigenvalue weighted by Gasteiger charge is -2.37. The number of hydrogen-bond donors (Lipinski definition) is 0. The molecule has 1 aromatic rings. The highest BCUT2D eigenvalue weighted by Crippen LogP contribution is 2.36. The van der Waals surface area contributed by atoms with Crippen molar-refractivity contribution in [1.29, 1.82) is 0 Å². The molecule has 1 amide bonds. The summed E-state index contributed by atoms with van der Waals surface area (Å²) in [6.07, 6.45) is 3.23. The number of rotatable bonds is 4. The number of ether oxygens (including phenoxy) is 1. The zero-order valence-electron chi connectivity index (χ0n) is 14.4. The number of halogens is 1. The molecule has 0 bridgehead atoms. The van der Waals surface area contributed by atoms with Crippen LogP contribution in [0.5, 0.6) is 0 Å². The Bertz CT molecular complexity index is 734. The lowest BCUT2D eigenvalue weighted by Crippen LogP contribution is -2.48. The van der Waals surface area contributed by atoms with Crippen LogP contribution in [-0.2, 0) is 9.53 Å². The normalized spacial score (nSPS) is 20.8. The van der Waals surface area contributed by atoms with E-state index in [1.807, 2.05) is 0 Å². The Morgan fingerprint density at radius 2 is 2.08 bits per heavy atom. The number of amides is 1. The van der Waals surface area contributed by atoms with Crippen LogP contribution in [-0.4, -0.2) is 55.3 Å². The summed E-state index contributed by atoms with van der Waals surface area (Å²) >= 11 is 6.18.